The number of para-hydroxylation sites is 1. The van der Waals surface area contributed by atoms with E-state index >= 15 is 0 Å². The molecule has 0 aromatic heterocycles. The van der Waals surface area contributed by atoms with Crippen LogP contribution in [0.25, 0.3) is 0 Å². The Morgan fingerprint density at radius 1 is 1.47 bits per heavy atom. The summed E-state index contributed by atoms with van der Waals surface area (Å²) in [4.78, 5) is 4.20. The maximum Gasteiger partial charge on any atom is 0.188 e. The Morgan fingerprint density at radius 2 is 2.26 bits per heavy atom. The predicted octanol–water partition coefficient (Wildman–Crippen LogP) is 1.65. The van der Waals surface area contributed by atoms with Crippen molar-refractivity contribution in [2.75, 3.05) is 20.2 Å². The van der Waals surface area contributed by atoms with E-state index in [9.17, 15) is 5.11 Å². The van der Waals surface area contributed by atoms with E-state index in [0.29, 0.717) is 24.7 Å². The van der Waals surface area contributed by atoms with Gasteiger partial charge in [0.05, 0.1) is 7.11 Å². The van der Waals surface area contributed by atoms with E-state index in [1.807, 2.05) is 12.1 Å². The molecular formula is C14H23N3O2. The summed E-state index contributed by atoms with van der Waals surface area (Å²) in [6.45, 7) is 3.49. The zero-order valence-corrected chi connectivity index (χ0v) is 11.6. The van der Waals surface area contributed by atoms with Crippen LogP contribution < -0.4 is 15.8 Å². The van der Waals surface area contributed by atoms with Gasteiger partial charge in [0.1, 0.15) is 0 Å². The number of methoxy groups -OCH3 is 1. The van der Waals surface area contributed by atoms with E-state index in [1.165, 1.54) is 7.11 Å². The summed E-state index contributed by atoms with van der Waals surface area (Å²) in [5, 5.41) is 12.9. The second kappa shape index (κ2) is 8.24. The van der Waals surface area contributed by atoms with Crippen LogP contribution in [0.3, 0.4) is 0 Å². The molecule has 0 aliphatic heterocycles. The summed E-state index contributed by atoms with van der Waals surface area (Å²) in [6, 6.07) is 5.45. The van der Waals surface area contributed by atoms with Gasteiger partial charge >= 0.3 is 0 Å². The summed E-state index contributed by atoms with van der Waals surface area (Å²) in [5.41, 5.74) is 6.55. The molecule has 0 bridgehead atoms. The van der Waals surface area contributed by atoms with Crippen LogP contribution in [0.4, 0.5) is 0 Å². The number of nitrogens with one attached hydrogen (secondary N) is 1. The molecule has 0 radical (unpaired) electrons. The molecule has 1 aromatic rings. The van der Waals surface area contributed by atoms with Crippen molar-refractivity contribution >= 4 is 5.96 Å². The Morgan fingerprint density at radius 3 is 2.95 bits per heavy atom. The minimum absolute atomic E-state index is 0.188. The second-order valence-corrected chi connectivity index (χ2v) is 4.27. The van der Waals surface area contributed by atoms with Gasteiger partial charge in [0, 0.05) is 13.1 Å². The van der Waals surface area contributed by atoms with Gasteiger partial charge in [0.25, 0.3) is 0 Å². The van der Waals surface area contributed by atoms with Crippen LogP contribution in [0.15, 0.2) is 23.2 Å². The highest BCUT2D eigenvalue weighted by Gasteiger charge is 2.06. The number of rotatable bonds is 7. The number of phenols is 1. The molecule has 0 saturated heterocycles. The first-order valence-electron chi connectivity index (χ1n) is 6.57. The lowest BCUT2D eigenvalue weighted by Gasteiger charge is -2.09. The van der Waals surface area contributed by atoms with Gasteiger partial charge < -0.3 is 20.9 Å². The first kappa shape index (κ1) is 15.1. The van der Waals surface area contributed by atoms with Crippen LogP contribution in [0.1, 0.15) is 25.3 Å². The molecule has 0 saturated carbocycles. The minimum atomic E-state index is 0.188. The van der Waals surface area contributed by atoms with Crippen LogP contribution in [0, 0.1) is 0 Å². The van der Waals surface area contributed by atoms with Gasteiger partial charge in [-0.1, -0.05) is 25.5 Å². The van der Waals surface area contributed by atoms with Crippen LogP contribution >= 0.6 is 0 Å². The van der Waals surface area contributed by atoms with Crippen LogP contribution in [0.2, 0.25) is 0 Å². The Bertz CT molecular complexity index is 419. The lowest BCUT2D eigenvalue weighted by molar-refractivity contribution is 0.370. The predicted molar refractivity (Wildman–Crippen MR) is 77.8 cm³/mol. The molecule has 0 spiro atoms. The van der Waals surface area contributed by atoms with E-state index in [2.05, 4.69) is 17.2 Å². The third-order valence-electron chi connectivity index (χ3n) is 2.80. The molecule has 1 rings (SSSR count). The van der Waals surface area contributed by atoms with Crippen molar-refractivity contribution in [3.63, 3.8) is 0 Å². The molecule has 0 amide bonds. The van der Waals surface area contributed by atoms with Crippen LogP contribution in [-0.2, 0) is 6.42 Å². The van der Waals surface area contributed by atoms with Gasteiger partial charge in [-0.2, -0.15) is 0 Å². The van der Waals surface area contributed by atoms with E-state index in [1.54, 1.807) is 6.07 Å². The Labute approximate surface area is 114 Å². The van der Waals surface area contributed by atoms with Crippen molar-refractivity contribution in [1.29, 1.82) is 0 Å². The molecule has 1 aromatic carbocycles. The molecule has 4 N–H and O–H groups in total. The lowest BCUT2D eigenvalue weighted by atomic mass is 10.1. The molecule has 0 unspecified atom stereocenters. The highest BCUT2D eigenvalue weighted by atomic mass is 16.5. The normalized spacial score (nSPS) is 11.4. The minimum Gasteiger partial charge on any atom is -0.504 e. The first-order valence-corrected chi connectivity index (χ1v) is 6.57. The highest BCUT2D eigenvalue weighted by Crippen LogP contribution is 2.29. The van der Waals surface area contributed by atoms with Gasteiger partial charge in [-0.15, -0.1) is 0 Å². The van der Waals surface area contributed by atoms with Gasteiger partial charge in [-0.3, -0.25) is 4.99 Å². The molecule has 0 heterocycles. The topological polar surface area (TPSA) is 79.9 Å². The van der Waals surface area contributed by atoms with E-state index < -0.39 is 0 Å². The van der Waals surface area contributed by atoms with Gasteiger partial charge in [0.15, 0.2) is 17.5 Å². The van der Waals surface area contributed by atoms with Crippen molar-refractivity contribution < 1.29 is 9.84 Å². The van der Waals surface area contributed by atoms with E-state index in [4.69, 9.17) is 10.5 Å². The Hall–Kier alpha value is -1.91. The molecular weight excluding hydrogens is 242 g/mol. The summed E-state index contributed by atoms with van der Waals surface area (Å²) < 4.78 is 5.06. The molecule has 0 aliphatic carbocycles. The molecule has 0 fully saturated rings. The van der Waals surface area contributed by atoms with Crippen LogP contribution in [0.5, 0.6) is 11.5 Å². The SMILES string of the molecule is CCCCN=C(N)NCCc1cccc(OC)c1O. The number of benzene rings is 1. The second-order valence-electron chi connectivity index (χ2n) is 4.27. The van der Waals surface area contributed by atoms with Gasteiger partial charge in [0.2, 0.25) is 0 Å². The Kier molecular flexibility index (Phi) is 6.57. The molecule has 5 heteroatoms. The van der Waals surface area contributed by atoms with E-state index in [0.717, 1.165) is 24.9 Å². The fourth-order valence-electron chi connectivity index (χ4n) is 1.67. The molecule has 106 valence electrons. The average molecular weight is 265 g/mol. The molecule has 19 heavy (non-hydrogen) atoms. The Balaban J connectivity index is 2.43. The number of aromatic hydroxyl groups is 1. The molecule has 0 atom stereocenters. The number of hydrogen-bond acceptors (Lipinski definition) is 3. The van der Waals surface area contributed by atoms with Gasteiger partial charge in [-0.05, 0) is 24.5 Å². The van der Waals surface area contributed by atoms with Gasteiger partial charge in [-0.25, -0.2) is 0 Å². The quantitative estimate of drug-likeness (QED) is 0.398. The number of phenolic OH excluding ortho intramolecular Hbond substituents is 1. The molecule has 5 nitrogen and oxygen atoms in total. The third-order valence-corrected chi connectivity index (χ3v) is 2.80. The van der Waals surface area contributed by atoms with Crippen LogP contribution in [-0.4, -0.2) is 31.3 Å². The number of nitrogens with two attached hydrogens (primary N) is 1. The summed E-state index contributed by atoms with van der Waals surface area (Å²) in [5.74, 6) is 1.13. The van der Waals surface area contributed by atoms with Crippen molar-refractivity contribution in [2.24, 2.45) is 10.7 Å². The number of nitrogens with zero attached hydrogens (tertiary/aromatic N) is 1. The maximum atomic E-state index is 9.91. The number of guanidine groups is 1. The summed E-state index contributed by atoms with van der Waals surface area (Å²) in [7, 11) is 1.54. The largest absolute Gasteiger partial charge is 0.504 e. The maximum absolute atomic E-state index is 9.91. The summed E-state index contributed by atoms with van der Waals surface area (Å²) >= 11 is 0. The monoisotopic (exact) mass is 265 g/mol. The number of hydrogen-bond donors (Lipinski definition) is 3. The van der Waals surface area contributed by atoms with Crippen molar-refractivity contribution in [1.82, 2.24) is 5.32 Å². The smallest absolute Gasteiger partial charge is 0.188 e. The first-order chi connectivity index (χ1) is 9.19. The summed E-state index contributed by atoms with van der Waals surface area (Å²) in [6.07, 6.45) is 2.81. The number of unbranched alkanes of at least 4 members (excludes halogenated alkanes) is 1. The van der Waals surface area contributed by atoms with Crippen molar-refractivity contribution in [3.05, 3.63) is 23.8 Å². The fourth-order valence-corrected chi connectivity index (χ4v) is 1.67. The van der Waals surface area contributed by atoms with Crippen molar-refractivity contribution in [3.8, 4) is 11.5 Å². The number of aliphatic imine (C=N–C) groups is 1. The average Bonchev–Trinajstić information content (AvgIpc) is 2.41. The van der Waals surface area contributed by atoms with E-state index in [-0.39, 0.29) is 5.75 Å². The third kappa shape index (κ3) is 5.07. The zero-order valence-electron chi connectivity index (χ0n) is 11.6. The highest BCUT2D eigenvalue weighted by molar-refractivity contribution is 5.77. The lowest BCUT2D eigenvalue weighted by Crippen LogP contribution is -2.33. The van der Waals surface area contributed by atoms with Crippen molar-refractivity contribution in [2.45, 2.75) is 26.2 Å². The number of ether oxygens (including phenoxy) is 1. The standard InChI is InChI=1S/C14H23N3O2/c1-3-4-9-16-14(15)17-10-8-11-6-5-7-12(19-2)13(11)18/h5-7,18H,3-4,8-10H2,1-2H3,(H3,15,16,17). The fraction of sp³-hybridized carbons (Fsp3) is 0.500. The zero-order chi connectivity index (χ0) is 14.1. The molecule has 0 aliphatic rings.